The monoisotopic (exact) mass is 315 g/mol. The Morgan fingerprint density at radius 1 is 1.15 bits per heavy atom. The number of nitrogens with one attached hydrogen (secondary N) is 1. The van der Waals surface area contributed by atoms with Gasteiger partial charge in [0.15, 0.2) is 0 Å². The fourth-order valence-corrected chi connectivity index (χ4v) is 2.48. The number of carbonyl (C=O) groups excluding carboxylic acids is 1. The number of rotatable bonds is 2. The number of hydrogen-bond donors (Lipinski definition) is 1. The molecule has 1 N–H and O–H groups in total. The second-order valence-corrected chi connectivity index (χ2v) is 5.99. The molecule has 1 fully saturated rings. The van der Waals surface area contributed by atoms with Gasteiger partial charge in [0.25, 0.3) is 0 Å². The lowest BCUT2D eigenvalue weighted by Gasteiger charge is -2.36. The van der Waals surface area contributed by atoms with E-state index < -0.39 is 0 Å². The zero-order valence-corrected chi connectivity index (χ0v) is 13.2. The highest BCUT2D eigenvalue weighted by Crippen LogP contribution is 2.27. The minimum atomic E-state index is 0.00814. The Morgan fingerprint density at radius 2 is 1.80 bits per heavy atom. The SMILES string of the molecule is CC(C)NC(=O)N1CCN(c2ccc(Cl)c(Cl)c2)CC1. The Kier molecular flexibility index (Phi) is 5.00. The summed E-state index contributed by atoms with van der Waals surface area (Å²) in [5.41, 5.74) is 1.04. The first-order chi connectivity index (χ1) is 9.47. The van der Waals surface area contributed by atoms with Gasteiger partial charge in [-0.15, -0.1) is 0 Å². The summed E-state index contributed by atoms with van der Waals surface area (Å²) in [4.78, 5) is 16.0. The number of anilines is 1. The standard InChI is InChI=1S/C14H19Cl2N3O/c1-10(2)17-14(20)19-7-5-18(6-8-19)11-3-4-12(15)13(16)9-11/h3-4,9-10H,5-8H2,1-2H3,(H,17,20). The Balaban J connectivity index is 1.94. The van der Waals surface area contributed by atoms with E-state index in [1.807, 2.05) is 30.9 Å². The molecule has 0 spiro atoms. The first kappa shape index (κ1) is 15.3. The van der Waals surface area contributed by atoms with Gasteiger partial charge in [0.05, 0.1) is 10.0 Å². The molecule has 20 heavy (non-hydrogen) atoms. The molecule has 0 atom stereocenters. The molecule has 0 radical (unpaired) electrons. The first-order valence-electron chi connectivity index (χ1n) is 6.73. The summed E-state index contributed by atoms with van der Waals surface area (Å²) in [5, 5.41) is 4.03. The number of amides is 2. The van der Waals surface area contributed by atoms with Crippen molar-refractivity contribution in [3.05, 3.63) is 28.2 Å². The van der Waals surface area contributed by atoms with Crippen molar-refractivity contribution in [2.24, 2.45) is 0 Å². The summed E-state index contributed by atoms with van der Waals surface area (Å²) in [6.07, 6.45) is 0. The van der Waals surface area contributed by atoms with Crippen molar-refractivity contribution >= 4 is 34.9 Å². The minimum Gasteiger partial charge on any atom is -0.368 e. The van der Waals surface area contributed by atoms with Crippen LogP contribution in [0.5, 0.6) is 0 Å². The maximum absolute atomic E-state index is 11.9. The number of hydrogen-bond acceptors (Lipinski definition) is 2. The maximum Gasteiger partial charge on any atom is 0.317 e. The molecule has 0 aliphatic carbocycles. The van der Waals surface area contributed by atoms with Crippen molar-refractivity contribution in [3.63, 3.8) is 0 Å². The topological polar surface area (TPSA) is 35.6 Å². The smallest absolute Gasteiger partial charge is 0.317 e. The largest absolute Gasteiger partial charge is 0.368 e. The second kappa shape index (κ2) is 6.55. The van der Waals surface area contributed by atoms with Crippen LogP contribution in [-0.4, -0.2) is 43.2 Å². The Labute approximate surface area is 129 Å². The molecule has 2 amide bonds. The Morgan fingerprint density at radius 3 is 2.35 bits per heavy atom. The zero-order chi connectivity index (χ0) is 14.7. The lowest BCUT2D eigenvalue weighted by molar-refractivity contribution is 0.192. The molecule has 6 heteroatoms. The molecule has 1 aliphatic heterocycles. The molecule has 1 aliphatic rings. The predicted octanol–water partition coefficient (Wildman–Crippen LogP) is 3.23. The van der Waals surface area contributed by atoms with Crippen molar-refractivity contribution in [1.82, 2.24) is 10.2 Å². The molecule has 4 nitrogen and oxygen atoms in total. The molecule has 1 saturated heterocycles. The van der Waals surface area contributed by atoms with Crippen LogP contribution in [0, 0.1) is 0 Å². The molecule has 1 aromatic carbocycles. The van der Waals surface area contributed by atoms with Gasteiger partial charge < -0.3 is 15.1 Å². The van der Waals surface area contributed by atoms with Crippen LogP contribution in [0.3, 0.4) is 0 Å². The fourth-order valence-electron chi connectivity index (χ4n) is 2.19. The van der Waals surface area contributed by atoms with Crippen LogP contribution in [0.15, 0.2) is 18.2 Å². The number of piperazine rings is 1. The number of urea groups is 1. The summed E-state index contributed by atoms with van der Waals surface area (Å²) >= 11 is 12.0. The predicted molar refractivity (Wildman–Crippen MR) is 83.9 cm³/mol. The van der Waals surface area contributed by atoms with E-state index in [1.54, 1.807) is 6.07 Å². The first-order valence-corrected chi connectivity index (χ1v) is 7.48. The van der Waals surface area contributed by atoms with Gasteiger partial charge in [-0.25, -0.2) is 4.79 Å². The van der Waals surface area contributed by atoms with Crippen LogP contribution in [0.2, 0.25) is 10.0 Å². The van der Waals surface area contributed by atoms with Gasteiger partial charge in [0.2, 0.25) is 0 Å². The maximum atomic E-state index is 11.9. The van der Waals surface area contributed by atoms with Crippen molar-refractivity contribution in [1.29, 1.82) is 0 Å². The van der Waals surface area contributed by atoms with Gasteiger partial charge in [0, 0.05) is 37.9 Å². The number of benzene rings is 1. The van der Waals surface area contributed by atoms with Crippen LogP contribution >= 0.6 is 23.2 Å². The van der Waals surface area contributed by atoms with E-state index in [9.17, 15) is 4.79 Å². The summed E-state index contributed by atoms with van der Waals surface area (Å²) in [5.74, 6) is 0. The molecule has 0 bridgehead atoms. The number of halogens is 2. The van der Waals surface area contributed by atoms with Crippen LogP contribution in [0.4, 0.5) is 10.5 Å². The van der Waals surface area contributed by atoms with Crippen LogP contribution in [-0.2, 0) is 0 Å². The third-order valence-electron chi connectivity index (χ3n) is 3.25. The second-order valence-electron chi connectivity index (χ2n) is 5.18. The summed E-state index contributed by atoms with van der Waals surface area (Å²) in [6.45, 7) is 6.93. The number of nitrogens with zero attached hydrogens (tertiary/aromatic N) is 2. The highest BCUT2D eigenvalue weighted by Gasteiger charge is 2.21. The molecule has 1 aromatic rings. The van der Waals surface area contributed by atoms with E-state index in [4.69, 9.17) is 23.2 Å². The molecular weight excluding hydrogens is 297 g/mol. The lowest BCUT2D eigenvalue weighted by Crippen LogP contribution is -2.52. The van der Waals surface area contributed by atoms with Gasteiger partial charge in [-0.3, -0.25) is 0 Å². The van der Waals surface area contributed by atoms with Crippen LogP contribution in [0.1, 0.15) is 13.8 Å². The molecule has 0 aromatic heterocycles. The minimum absolute atomic E-state index is 0.00814. The third-order valence-corrected chi connectivity index (χ3v) is 3.99. The molecule has 2 rings (SSSR count). The van der Waals surface area contributed by atoms with Gasteiger partial charge in [-0.05, 0) is 32.0 Å². The van der Waals surface area contributed by atoms with Crippen molar-refractivity contribution < 1.29 is 4.79 Å². The lowest BCUT2D eigenvalue weighted by atomic mass is 10.2. The van der Waals surface area contributed by atoms with Crippen LogP contribution in [0.25, 0.3) is 0 Å². The molecule has 0 saturated carbocycles. The summed E-state index contributed by atoms with van der Waals surface area (Å²) in [6, 6.07) is 5.80. The fraction of sp³-hybridized carbons (Fsp3) is 0.500. The van der Waals surface area contributed by atoms with Crippen molar-refractivity contribution in [2.75, 3.05) is 31.1 Å². The van der Waals surface area contributed by atoms with Crippen molar-refractivity contribution in [3.8, 4) is 0 Å². The van der Waals surface area contributed by atoms with E-state index in [0.717, 1.165) is 18.8 Å². The van der Waals surface area contributed by atoms with E-state index >= 15 is 0 Å². The molecular formula is C14H19Cl2N3O. The average Bonchev–Trinajstić information content (AvgIpc) is 2.41. The molecule has 1 heterocycles. The summed E-state index contributed by atoms with van der Waals surface area (Å²) in [7, 11) is 0. The quantitative estimate of drug-likeness (QED) is 0.909. The molecule has 0 unspecified atom stereocenters. The number of carbonyl (C=O) groups is 1. The van der Waals surface area contributed by atoms with E-state index in [2.05, 4.69) is 10.2 Å². The molecule has 110 valence electrons. The Hall–Kier alpha value is -1.13. The third kappa shape index (κ3) is 3.70. The van der Waals surface area contributed by atoms with Gasteiger partial charge in [-0.2, -0.15) is 0 Å². The van der Waals surface area contributed by atoms with E-state index in [0.29, 0.717) is 23.1 Å². The van der Waals surface area contributed by atoms with Gasteiger partial charge in [-0.1, -0.05) is 23.2 Å². The zero-order valence-electron chi connectivity index (χ0n) is 11.7. The highest BCUT2D eigenvalue weighted by atomic mass is 35.5. The summed E-state index contributed by atoms with van der Waals surface area (Å²) < 4.78 is 0. The highest BCUT2D eigenvalue weighted by molar-refractivity contribution is 6.42. The van der Waals surface area contributed by atoms with E-state index in [1.165, 1.54) is 0 Å². The van der Waals surface area contributed by atoms with Gasteiger partial charge in [0.1, 0.15) is 0 Å². The van der Waals surface area contributed by atoms with Crippen molar-refractivity contribution in [2.45, 2.75) is 19.9 Å². The average molecular weight is 316 g/mol. The normalized spacial score (nSPS) is 15.7. The Bertz CT molecular complexity index is 485. The van der Waals surface area contributed by atoms with Gasteiger partial charge >= 0.3 is 6.03 Å². The van der Waals surface area contributed by atoms with E-state index in [-0.39, 0.29) is 12.1 Å². The van der Waals surface area contributed by atoms with Crippen LogP contribution < -0.4 is 10.2 Å².